The summed E-state index contributed by atoms with van der Waals surface area (Å²) < 4.78 is 9.80. The van der Waals surface area contributed by atoms with Crippen LogP contribution in [-0.2, 0) is 24.2 Å². The molecular formula is C49H61N7O10S. The minimum Gasteiger partial charge on any atom is -0.476 e. The van der Waals surface area contributed by atoms with Crippen LogP contribution >= 0.6 is 11.3 Å². The molecule has 1 aliphatic heterocycles. The maximum atomic E-state index is 13.7. The van der Waals surface area contributed by atoms with E-state index < -0.39 is 43.1 Å². The van der Waals surface area contributed by atoms with Crippen LogP contribution in [0.4, 0.5) is 10.9 Å². The molecule has 3 aromatic heterocycles. The van der Waals surface area contributed by atoms with Gasteiger partial charge in [-0.2, -0.15) is 5.10 Å². The number of hydrogen-bond donors (Lipinski definition) is 9. The van der Waals surface area contributed by atoms with Crippen LogP contribution in [0.5, 0.6) is 0 Å². The maximum absolute atomic E-state index is 13.7. The molecule has 1 amide bonds. The number of amides is 1. The van der Waals surface area contributed by atoms with Crippen molar-refractivity contribution in [2.75, 3.05) is 43.1 Å². The fourth-order valence-corrected chi connectivity index (χ4v) is 13.8. The number of ether oxygens (including phenoxy) is 1. The molecule has 358 valence electrons. The highest BCUT2D eigenvalue weighted by Crippen LogP contribution is 2.72. The minimum atomic E-state index is -1.86. The van der Waals surface area contributed by atoms with Crippen molar-refractivity contribution in [1.29, 1.82) is 0 Å². The molecule has 0 radical (unpaired) electrons. The number of aliphatic hydroxyl groups is 6. The molecule has 2 aromatic carbocycles. The van der Waals surface area contributed by atoms with Crippen LogP contribution in [0.25, 0.3) is 21.3 Å². The first kappa shape index (κ1) is 47.2. The van der Waals surface area contributed by atoms with Crippen molar-refractivity contribution in [1.82, 2.24) is 25.1 Å². The van der Waals surface area contributed by atoms with Gasteiger partial charge in [-0.05, 0) is 110 Å². The molecule has 10 rings (SSSR count). The summed E-state index contributed by atoms with van der Waals surface area (Å²) in [5.74, 6) is -0.886. The number of carboxylic acids is 1. The SMILES string of the molecule is Cc1c(-c2ccc(N3CCc4cccc(C(=O)Nc5nc6ccccc6s5)c4C3)nc2C(=O)O)cnn1CC12CC3(C)CC(C)(C1)CC(OCCNC[C@H](O)[C@H](O)[C@@H](O)[C@@H](O)[C@H](O)CO)(C3)C2. The van der Waals surface area contributed by atoms with Crippen molar-refractivity contribution in [3.05, 3.63) is 88.9 Å². The second kappa shape index (κ2) is 18.2. The van der Waals surface area contributed by atoms with Crippen molar-refractivity contribution in [2.45, 2.75) is 115 Å². The molecule has 17 nitrogen and oxygen atoms in total. The van der Waals surface area contributed by atoms with Crippen LogP contribution in [0.15, 0.2) is 60.8 Å². The standard InChI is InChI=1S/C49H61N7O10S/c1-28-32(30-11-12-38(53-39(30)44(64)65)55-15-13-29-7-6-8-31(33(29)19-55)43(63)54-45-52-34-9-4-5-10-37(34)67-45)17-51-56(28)27-48-22-46(2)21-47(3,23-48)25-49(24-46,26-48)66-16-14-50-18-35(58)40(60)42(62)41(61)36(59)20-57/h4-12,17,35-36,40-42,50,57-62H,13-16,18-27H2,1-3H3,(H,64,65)(H,52,54,63)/t35-,36+,40-,41-,42+,46?,47?,48?,49?/m0/s1. The number of nitrogens with zero attached hydrogens (tertiary/aromatic N) is 5. The van der Waals surface area contributed by atoms with Gasteiger partial charge < -0.3 is 50.7 Å². The van der Waals surface area contributed by atoms with Gasteiger partial charge in [0.05, 0.1) is 41.3 Å². The van der Waals surface area contributed by atoms with E-state index in [1.807, 2.05) is 71.1 Å². The topological polar surface area (TPSA) is 256 Å². The number of benzene rings is 2. The number of carbonyl (C=O) groups excluding carboxylic acids is 1. The third-order valence-electron chi connectivity index (χ3n) is 14.7. The van der Waals surface area contributed by atoms with Crippen molar-refractivity contribution < 1.29 is 50.1 Å². The summed E-state index contributed by atoms with van der Waals surface area (Å²) in [6.45, 7) is 8.11. The number of rotatable bonds is 18. The van der Waals surface area contributed by atoms with E-state index in [1.165, 1.54) is 11.3 Å². The predicted octanol–water partition coefficient (Wildman–Crippen LogP) is 3.90. The molecule has 0 spiro atoms. The van der Waals surface area contributed by atoms with Gasteiger partial charge in [-0.15, -0.1) is 0 Å². The number of aliphatic hydroxyl groups excluding tert-OH is 6. The number of thiazole rings is 1. The largest absolute Gasteiger partial charge is 0.476 e. The average Bonchev–Trinajstić information content (AvgIpc) is 3.86. The third kappa shape index (κ3) is 9.35. The quantitative estimate of drug-likeness (QED) is 0.0565. The van der Waals surface area contributed by atoms with Crippen molar-refractivity contribution in [2.24, 2.45) is 16.2 Å². The summed E-state index contributed by atoms with van der Waals surface area (Å²) in [6, 6.07) is 17.1. The van der Waals surface area contributed by atoms with Crippen LogP contribution in [0.1, 0.15) is 90.0 Å². The second-order valence-electron chi connectivity index (χ2n) is 20.4. The molecule has 4 heterocycles. The maximum Gasteiger partial charge on any atom is 0.355 e. The number of para-hydroxylation sites is 1. The molecule has 0 saturated heterocycles. The molecule has 4 fully saturated rings. The Morgan fingerprint density at radius 2 is 1.61 bits per heavy atom. The van der Waals surface area contributed by atoms with Gasteiger partial charge in [-0.3, -0.25) is 14.8 Å². The van der Waals surface area contributed by atoms with E-state index >= 15 is 0 Å². The Hall–Kier alpha value is -4.89. The lowest BCUT2D eigenvalue weighted by Crippen LogP contribution is -2.64. The summed E-state index contributed by atoms with van der Waals surface area (Å²) >= 11 is 1.42. The van der Waals surface area contributed by atoms with Gasteiger partial charge in [0.2, 0.25) is 0 Å². The predicted molar refractivity (Wildman–Crippen MR) is 251 cm³/mol. The van der Waals surface area contributed by atoms with Crippen molar-refractivity contribution in [3.8, 4) is 11.1 Å². The van der Waals surface area contributed by atoms with Gasteiger partial charge in [-0.1, -0.05) is 49.4 Å². The first-order valence-corrected chi connectivity index (χ1v) is 23.9. The van der Waals surface area contributed by atoms with Crippen molar-refractivity contribution >= 4 is 44.4 Å². The zero-order valence-electron chi connectivity index (χ0n) is 38.1. The Morgan fingerprint density at radius 1 is 0.866 bits per heavy atom. The second-order valence-corrected chi connectivity index (χ2v) is 21.5. The molecule has 4 saturated carbocycles. The number of aromatic nitrogens is 4. The fraction of sp³-hybridized carbons (Fsp3) is 0.531. The van der Waals surface area contributed by atoms with E-state index in [1.54, 1.807) is 6.20 Å². The smallest absolute Gasteiger partial charge is 0.355 e. The summed E-state index contributed by atoms with van der Waals surface area (Å²) in [7, 11) is 0. The highest BCUT2D eigenvalue weighted by molar-refractivity contribution is 7.22. The van der Waals surface area contributed by atoms with Crippen molar-refractivity contribution in [3.63, 3.8) is 0 Å². The highest BCUT2D eigenvalue weighted by Gasteiger charge is 2.66. The third-order valence-corrected chi connectivity index (χ3v) is 15.6. The van der Waals surface area contributed by atoms with Crippen LogP contribution < -0.4 is 15.5 Å². The zero-order valence-corrected chi connectivity index (χ0v) is 38.9. The number of pyridine rings is 1. The number of hydrogen-bond acceptors (Lipinski definition) is 15. The van der Waals surface area contributed by atoms with E-state index in [0.29, 0.717) is 66.8 Å². The number of fused-ring (bicyclic) bond motifs is 2. The molecular weight excluding hydrogens is 879 g/mol. The number of nitrogens with one attached hydrogen (secondary N) is 2. The normalized spacial score (nSPS) is 26.6. The van der Waals surface area contributed by atoms with Gasteiger partial charge in [0.1, 0.15) is 30.2 Å². The van der Waals surface area contributed by atoms with Gasteiger partial charge in [0, 0.05) is 55.1 Å². The number of carbonyl (C=O) groups is 2. The fourth-order valence-electron chi connectivity index (χ4n) is 12.9. The molecule has 4 bridgehead atoms. The highest BCUT2D eigenvalue weighted by atomic mass is 32.1. The summed E-state index contributed by atoms with van der Waals surface area (Å²) in [5.41, 5.74) is 4.84. The first-order valence-electron chi connectivity index (χ1n) is 23.1. The number of anilines is 2. The number of carboxylic acid groups (broad SMARTS) is 1. The minimum absolute atomic E-state index is 0.0450. The van der Waals surface area contributed by atoms with E-state index in [9.17, 15) is 40.2 Å². The van der Waals surface area contributed by atoms with Crippen LogP contribution in [0.3, 0.4) is 0 Å². The van der Waals surface area contributed by atoms with E-state index in [0.717, 1.165) is 65.6 Å². The lowest BCUT2D eigenvalue weighted by molar-refractivity contribution is -0.247. The molecule has 9 N–H and O–H groups in total. The molecule has 7 atom stereocenters. The van der Waals surface area contributed by atoms with Crippen LogP contribution in [0, 0.1) is 23.2 Å². The summed E-state index contributed by atoms with van der Waals surface area (Å²) in [4.78, 5) is 38.0. The summed E-state index contributed by atoms with van der Waals surface area (Å²) in [5, 5.41) is 81.6. The number of aromatic carboxylic acids is 1. The van der Waals surface area contributed by atoms with Crippen LogP contribution in [-0.4, -0.2) is 136 Å². The molecule has 5 aliphatic rings. The Morgan fingerprint density at radius 3 is 2.34 bits per heavy atom. The lowest BCUT2D eigenvalue weighted by atomic mass is 9.39. The Bertz CT molecular complexity index is 2600. The first-order chi connectivity index (χ1) is 31.9. The van der Waals surface area contributed by atoms with Gasteiger partial charge in [-0.25, -0.2) is 14.8 Å². The van der Waals surface area contributed by atoms with E-state index in [-0.39, 0.29) is 40.0 Å². The monoisotopic (exact) mass is 939 g/mol. The Labute approximate surface area is 392 Å². The molecule has 67 heavy (non-hydrogen) atoms. The Balaban J connectivity index is 0.876. The summed E-state index contributed by atoms with van der Waals surface area (Å²) in [6.07, 6.45) is -0.353. The average molecular weight is 940 g/mol. The molecule has 2 unspecified atom stereocenters. The zero-order chi connectivity index (χ0) is 47.5. The van der Waals surface area contributed by atoms with Crippen LogP contribution in [0.2, 0.25) is 0 Å². The van der Waals surface area contributed by atoms with E-state index in [4.69, 9.17) is 19.9 Å². The van der Waals surface area contributed by atoms with Gasteiger partial charge >= 0.3 is 5.97 Å². The van der Waals surface area contributed by atoms with E-state index in [2.05, 4.69) is 29.5 Å². The lowest BCUT2D eigenvalue weighted by Gasteiger charge is -2.69. The molecule has 4 aliphatic carbocycles. The molecule has 5 aromatic rings. The van der Waals surface area contributed by atoms with Gasteiger partial charge in [0.15, 0.2) is 10.8 Å². The Kier molecular flexibility index (Phi) is 12.8. The molecule has 18 heteroatoms. The van der Waals surface area contributed by atoms with Gasteiger partial charge in [0.25, 0.3) is 5.91 Å².